The molecular formula is C44H53N5O9. The first-order valence-corrected chi connectivity index (χ1v) is 19.4. The lowest BCUT2D eigenvalue weighted by Crippen LogP contribution is -2.41. The predicted molar refractivity (Wildman–Crippen MR) is 220 cm³/mol. The van der Waals surface area contributed by atoms with E-state index in [0.717, 1.165) is 29.5 Å². The zero-order chi connectivity index (χ0) is 42.0. The first kappa shape index (κ1) is 44.6. The lowest BCUT2D eigenvalue weighted by molar-refractivity contribution is -0.140. The zero-order valence-electron chi connectivity index (χ0n) is 33.5. The Balaban J connectivity index is 1.46. The number of carbonyl (C=O) groups is 5. The second-order valence-electron chi connectivity index (χ2n) is 13.8. The Labute approximate surface area is 339 Å². The van der Waals surface area contributed by atoms with Crippen molar-refractivity contribution in [1.82, 2.24) is 14.8 Å². The molecule has 0 atom stereocenters. The maximum Gasteiger partial charge on any atom is 0.335 e. The number of likely N-dealkylation sites (N-methyl/N-ethyl adjacent to an activating group) is 1. The smallest absolute Gasteiger partial charge is 0.335 e. The number of pyridine rings is 1. The van der Waals surface area contributed by atoms with Crippen molar-refractivity contribution in [1.29, 1.82) is 0 Å². The van der Waals surface area contributed by atoms with E-state index in [4.69, 9.17) is 19.7 Å². The lowest BCUT2D eigenvalue weighted by Gasteiger charge is -2.32. The highest BCUT2D eigenvalue weighted by atomic mass is 16.5. The lowest BCUT2D eigenvalue weighted by atomic mass is 10.0. The van der Waals surface area contributed by atoms with Gasteiger partial charge in [0.1, 0.15) is 6.61 Å². The van der Waals surface area contributed by atoms with E-state index >= 15 is 0 Å². The Kier molecular flexibility index (Phi) is 17.4. The van der Waals surface area contributed by atoms with E-state index in [-0.39, 0.29) is 54.2 Å². The molecule has 0 saturated carbocycles. The summed E-state index contributed by atoms with van der Waals surface area (Å²) in [5, 5.41) is 23.8. The van der Waals surface area contributed by atoms with Gasteiger partial charge in [-0.2, -0.15) is 0 Å². The quantitative estimate of drug-likeness (QED) is 0.0608. The minimum atomic E-state index is -1.01. The predicted octanol–water partition coefficient (Wildman–Crippen LogP) is 6.41. The van der Waals surface area contributed by atoms with E-state index < -0.39 is 23.8 Å². The number of aromatic nitrogens is 1. The third kappa shape index (κ3) is 13.8. The molecule has 308 valence electrons. The fourth-order valence-corrected chi connectivity index (χ4v) is 6.32. The van der Waals surface area contributed by atoms with Gasteiger partial charge in [-0.1, -0.05) is 50.2 Å². The maximum absolute atomic E-state index is 13.7. The second kappa shape index (κ2) is 22.6. The summed E-state index contributed by atoms with van der Waals surface area (Å²) in [5.41, 5.74) is 4.21. The number of aromatic carboxylic acids is 1. The number of aryl methyl sites for hydroxylation is 2. The van der Waals surface area contributed by atoms with Gasteiger partial charge < -0.3 is 35.2 Å². The second-order valence-corrected chi connectivity index (χ2v) is 13.8. The highest BCUT2D eigenvalue weighted by molar-refractivity contribution is 6.11. The number of anilines is 2. The van der Waals surface area contributed by atoms with Crippen molar-refractivity contribution in [2.45, 2.75) is 65.0 Å². The van der Waals surface area contributed by atoms with Crippen LogP contribution in [0.4, 0.5) is 11.4 Å². The van der Waals surface area contributed by atoms with Crippen molar-refractivity contribution < 1.29 is 43.7 Å². The number of carboxylic acid groups (broad SMARTS) is 2. The molecule has 0 fully saturated rings. The van der Waals surface area contributed by atoms with Crippen LogP contribution in [0.15, 0.2) is 84.9 Å². The van der Waals surface area contributed by atoms with Crippen molar-refractivity contribution in [3.8, 4) is 5.88 Å². The number of carboxylic acids is 2. The molecule has 4 aromatic rings. The summed E-state index contributed by atoms with van der Waals surface area (Å²) in [7, 11) is 3.22. The van der Waals surface area contributed by atoms with Crippen LogP contribution in [-0.2, 0) is 33.7 Å². The van der Waals surface area contributed by atoms with Gasteiger partial charge in [0.2, 0.25) is 11.8 Å². The van der Waals surface area contributed by atoms with Crippen LogP contribution in [0, 0.1) is 0 Å². The van der Waals surface area contributed by atoms with E-state index in [1.54, 1.807) is 85.8 Å². The molecule has 4 N–H and O–H groups in total. The fourth-order valence-electron chi connectivity index (χ4n) is 6.32. The number of nitrogens with one attached hydrogen (secondary N) is 2. The molecule has 3 aromatic carbocycles. The minimum absolute atomic E-state index is 0.0461. The molecule has 0 unspecified atom stereocenters. The molecule has 14 heteroatoms. The van der Waals surface area contributed by atoms with Crippen LogP contribution in [0.2, 0.25) is 0 Å². The molecule has 0 aliphatic rings. The van der Waals surface area contributed by atoms with Gasteiger partial charge in [0.05, 0.1) is 24.3 Å². The molecule has 0 spiro atoms. The SMILES string of the molecule is CCC(CC)N(CCN(C)C(=O)CCC(=O)O)Cc1cccc(C(=O)Nc2ccc(OCCOC)nc2C(=O)Nc2ccc(CCc3ccc(C(=O)O)cc3)cc2)c1. The Hall–Kier alpha value is -6.12. The van der Waals surface area contributed by atoms with Gasteiger partial charge >= 0.3 is 11.9 Å². The Morgan fingerprint density at radius 1 is 0.741 bits per heavy atom. The van der Waals surface area contributed by atoms with Crippen LogP contribution in [0.3, 0.4) is 0 Å². The molecule has 14 nitrogen and oxygen atoms in total. The Bertz CT molecular complexity index is 2000. The van der Waals surface area contributed by atoms with Gasteiger partial charge in [-0.25, -0.2) is 9.78 Å². The number of rotatable bonds is 23. The highest BCUT2D eigenvalue weighted by Crippen LogP contribution is 2.23. The third-order valence-electron chi connectivity index (χ3n) is 9.72. The molecular weight excluding hydrogens is 743 g/mol. The molecule has 1 aromatic heterocycles. The van der Waals surface area contributed by atoms with Crippen LogP contribution >= 0.6 is 0 Å². The van der Waals surface area contributed by atoms with Crippen molar-refractivity contribution in [2.24, 2.45) is 0 Å². The zero-order valence-corrected chi connectivity index (χ0v) is 33.5. The van der Waals surface area contributed by atoms with E-state index in [0.29, 0.717) is 50.3 Å². The standard InChI is InChI=1S/C44H53N5O9/c1-5-36(6-2)49(25-24-48(3)39(50)22-23-40(51)52)29-32-8-7-9-34(28-32)42(53)46-37-20-21-38(58-27-26-57-4)47-41(37)43(54)45-35-18-14-31(15-19-35)11-10-30-12-16-33(17-13-30)44(55)56/h7-9,12-21,28,36H,5-6,10-11,22-27,29H2,1-4H3,(H,45,54)(H,46,53)(H,51,52)(H,55,56). The monoisotopic (exact) mass is 795 g/mol. The highest BCUT2D eigenvalue weighted by Gasteiger charge is 2.21. The Morgan fingerprint density at radius 2 is 1.41 bits per heavy atom. The summed E-state index contributed by atoms with van der Waals surface area (Å²) >= 11 is 0. The van der Waals surface area contributed by atoms with E-state index in [9.17, 15) is 24.0 Å². The first-order chi connectivity index (χ1) is 27.9. The van der Waals surface area contributed by atoms with E-state index in [1.165, 1.54) is 0 Å². The summed E-state index contributed by atoms with van der Waals surface area (Å²) in [5.74, 6) is -3.01. The van der Waals surface area contributed by atoms with Gasteiger partial charge in [0.15, 0.2) is 5.69 Å². The van der Waals surface area contributed by atoms with Gasteiger partial charge in [-0.3, -0.25) is 24.1 Å². The summed E-state index contributed by atoms with van der Waals surface area (Å²) in [4.78, 5) is 70.3. The number of carbonyl (C=O) groups excluding carboxylic acids is 3. The third-order valence-corrected chi connectivity index (χ3v) is 9.72. The van der Waals surface area contributed by atoms with Crippen molar-refractivity contribution in [2.75, 3.05) is 51.1 Å². The van der Waals surface area contributed by atoms with Gasteiger partial charge in [0, 0.05) is 63.6 Å². The summed E-state index contributed by atoms with van der Waals surface area (Å²) in [6, 6.07) is 24.7. The van der Waals surface area contributed by atoms with Gasteiger partial charge in [0.25, 0.3) is 11.8 Å². The number of hydrogen-bond donors (Lipinski definition) is 4. The number of benzene rings is 3. The number of ether oxygens (including phenoxy) is 2. The van der Waals surface area contributed by atoms with E-state index in [1.807, 2.05) is 18.2 Å². The molecule has 0 saturated heterocycles. The summed E-state index contributed by atoms with van der Waals surface area (Å²) < 4.78 is 10.8. The molecule has 58 heavy (non-hydrogen) atoms. The van der Waals surface area contributed by atoms with Crippen LogP contribution in [0.25, 0.3) is 0 Å². The van der Waals surface area contributed by atoms with Crippen molar-refractivity contribution >= 4 is 41.0 Å². The van der Waals surface area contributed by atoms with Crippen molar-refractivity contribution in [3.05, 3.63) is 118 Å². The van der Waals surface area contributed by atoms with Gasteiger partial charge in [-0.05, 0) is 84.8 Å². The number of amides is 3. The van der Waals surface area contributed by atoms with Crippen LogP contribution in [-0.4, -0.2) is 101 Å². The molecule has 0 aliphatic carbocycles. The number of aliphatic carboxylic acids is 1. The molecule has 3 amide bonds. The fraction of sp³-hybridized carbons (Fsp3) is 0.364. The van der Waals surface area contributed by atoms with Crippen molar-refractivity contribution in [3.63, 3.8) is 0 Å². The Morgan fingerprint density at radius 3 is 2.03 bits per heavy atom. The molecule has 0 aliphatic heterocycles. The minimum Gasteiger partial charge on any atom is -0.481 e. The summed E-state index contributed by atoms with van der Waals surface area (Å²) in [6.07, 6.45) is 2.92. The normalized spacial score (nSPS) is 11.0. The average Bonchev–Trinajstić information content (AvgIpc) is 3.22. The average molecular weight is 796 g/mol. The first-order valence-electron chi connectivity index (χ1n) is 19.4. The molecule has 0 radical (unpaired) electrons. The maximum atomic E-state index is 13.7. The van der Waals surface area contributed by atoms with Crippen LogP contribution in [0.5, 0.6) is 5.88 Å². The van der Waals surface area contributed by atoms with Crippen LogP contribution in [0.1, 0.15) is 87.4 Å². The molecule has 4 rings (SSSR count). The van der Waals surface area contributed by atoms with E-state index in [2.05, 4.69) is 34.4 Å². The van der Waals surface area contributed by atoms with Gasteiger partial charge in [-0.15, -0.1) is 0 Å². The topological polar surface area (TPSA) is 188 Å². The molecule has 1 heterocycles. The number of methoxy groups -OCH3 is 1. The van der Waals surface area contributed by atoms with Crippen LogP contribution < -0.4 is 15.4 Å². The largest absolute Gasteiger partial charge is 0.481 e. The molecule has 0 bridgehead atoms. The number of nitrogens with zero attached hydrogens (tertiary/aromatic N) is 3. The summed E-state index contributed by atoms with van der Waals surface area (Å²) in [6.45, 7) is 6.24. The number of hydrogen-bond acceptors (Lipinski definition) is 9.